The number of Topliss-reactive ketones (excluding diaryl/α,β-unsaturated/α-hetero) is 1. The van der Waals surface area contributed by atoms with E-state index in [2.05, 4.69) is 0 Å². The minimum Gasteiger partial charge on any atom is -0.429 e. The third kappa shape index (κ3) is 5.09. The SMILES string of the molecule is CC(C)(C)OC(=O)O[C@H](C(=O)CO)c1ccccc1. The van der Waals surface area contributed by atoms with Gasteiger partial charge in [0.25, 0.3) is 0 Å². The van der Waals surface area contributed by atoms with Crippen molar-refractivity contribution in [2.24, 2.45) is 0 Å². The fourth-order valence-corrected chi connectivity index (χ4v) is 1.40. The van der Waals surface area contributed by atoms with Gasteiger partial charge in [-0.2, -0.15) is 0 Å². The van der Waals surface area contributed by atoms with E-state index in [9.17, 15) is 9.59 Å². The van der Waals surface area contributed by atoms with E-state index in [0.29, 0.717) is 5.56 Å². The molecule has 104 valence electrons. The van der Waals surface area contributed by atoms with Gasteiger partial charge in [-0.1, -0.05) is 30.3 Å². The lowest BCUT2D eigenvalue weighted by Gasteiger charge is -2.22. The van der Waals surface area contributed by atoms with Crippen LogP contribution in [0.5, 0.6) is 0 Å². The molecule has 0 aliphatic rings. The van der Waals surface area contributed by atoms with Crippen LogP contribution in [0.15, 0.2) is 30.3 Å². The Bertz CT molecular complexity index is 433. The van der Waals surface area contributed by atoms with Gasteiger partial charge in [-0.15, -0.1) is 0 Å². The zero-order valence-electron chi connectivity index (χ0n) is 11.3. The highest BCUT2D eigenvalue weighted by Crippen LogP contribution is 2.20. The van der Waals surface area contributed by atoms with Gasteiger partial charge in [-0.25, -0.2) is 4.79 Å². The topological polar surface area (TPSA) is 72.8 Å². The Morgan fingerprint density at radius 2 is 1.79 bits per heavy atom. The second kappa shape index (κ2) is 6.33. The first-order valence-electron chi connectivity index (χ1n) is 5.91. The Kier molecular flexibility index (Phi) is 5.06. The molecule has 1 atom stereocenters. The van der Waals surface area contributed by atoms with Gasteiger partial charge in [-0.05, 0) is 20.8 Å². The molecule has 0 fully saturated rings. The first-order valence-corrected chi connectivity index (χ1v) is 5.91. The van der Waals surface area contributed by atoms with Crippen molar-refractivity contribution in [2.45, 2.75) is 32.5 Å². The van der Waals surface area contributed by atoms with E-state index in [1.54, 1.807) is 51.1 Å². The summed E-state index contributed by atoms with van der Waals surface area (Å²) in [6, 6.07) is 8.49. The van der Waals surface area contributed by atoms with Crippen molar-refractivity contribution in [3.8, 4) is 0 Å². The quantitative estimate of drug-likeness (QED) is 0.846. The summed E-state index contributed by atoms with van der Waals surface area (Å²) in [6.07, 6.45) is -2.09. The molecule has 1 aromatic carbocycles. The number of aliphatic hydroxyl groups excluding tert-OH is 1. The third-order valence-electron chi connectivity index (χ3n) is 2.15. The van der Waals surface area contributed by atoms with Crippen LogP contribution in [0.2, 0.25) is 0 Å². The van der Waals surface area contributed by atoms with E-state index in [-0.39, 0.29) is 0 Å². The maximum Gasteiger partial charge on any atom is 0.509 e. The molecule has 0 amide bonds. The minimum atomic E-state index is -1.15. The molecule has 1 rings (SSSR count). The highest BCUT2D eigenvalue weighted by Gasteiger charge is 2.27. The number of hydrogen-bond donors (Lipinski definition) is 1. The van der Waals surface area contributed by atoms with Crippen LogP contribution in [0.4, 0.5) is 4.79 Å². The molecule has 0 unspecified atom stereocenters. The standard InChI is InChI=1S/C14H18O5/c1-14(2,3)19-13(17)18-12(11(16)9-15)10-7-5-4-6-8-10/h4-8,12,15H,9H2,1-3H3/t12-/m0/s1. The molecule has 1 aromatic rings. The van der Waals surface area contributed by atoms with Crippen LogP contribution in [0.3, 0.4) is 0 Å². The fourth-order valence-electron chi connectivity index (χ4n) is 1.40. The Morgan fingerprint density at radius 1 is 1.21 bits per heavy atom. The zero-order chi connectivity index (χ0) is 14.5. The Labute approximate surface area is 112 Å². The van der Waals surface area contributed by atoms with Crippen LogP contribution in [0.25, 0.3) is 0 Å². The number of hydrogen-bond acceptors (Lipinski definition) is 5. The molecular weight excluding hydrogens is 248 g/mol. The van der Waals surface area contributed by atoms with Crippen molar-refractivity contribution in [3.63, 3.8) is 0 Å². The fraction of sp³-hybridized carbons (Fsp3) is 0.429. The lowest BCUT2D eigenvalue weighted by molar-refractivity contribution is -0.133. The summed E-state index contributed by atoms with van der Waals surface area (Å²) in [5.74, 6) is -0.600. The summed E-state index contributed by atoms with van der Waals surface area (Å²) >= 11 is 0. The van der Waals surface area contributed by atoms with Crippen LogP contribution in [-0.4, -0.2) is 29.3 Å². The van der Waals surface area contributed by atoms with Gasteiger partial charge in [0.05, 0.1) is 0 Å². The molecule has 0 saturated heterocycles. The predicted molar refractivity (Wildman–Crippen MR) is 68.6 cm³/mol. The van der Waals surface area contributed by atoms with Crippen molar-refractivity contribution < 1.29 is 24.2 Å². The summed E-state index contributed by atoms with van der Waals surface area (Å²) in [5, 5.41) is 8.93. The Hall–Kier alpha value is -1.88. The van der Waals surface area contributed by atoms with E-state index in [1.165, 1.54) is 0 Å². The molecule has 0 radical (unpaired) electrons. The highest BCUT2D eigenvalue weighted by atomic mass is 16.7. The molecule has 0 bridgehead atoms. The molecule has 0 aliphatic carbocycles. The van der Waals surface area contributed by atoms with Gasteiger partial charge in [-0.3, -0.25) is 4.79 Å². The summed E-state index contributed by atoms with van der Waals surface area (Å²) in [6.45, 7) is 4.38. The van der Waals surface area contributed by atoms with E-state index in [1.807, 2.05) is 0 Å². The van der Waals surface area contributed by atoms with E-state index in [0.717, 1.165) is 0 Å². The van der Waals surface area contributed by atoms with Crippen molar-refractivity contribution in [2.75, 3.05) is 6.61 Å². The average Bonchev–Trinajstić information content (AvgIpc) is 2.34. The van der Waals surface area contributed by atoms with Crippen LogP contribution >= 0.6 is 0 Å². The highest BCUT2D eigenvalue weighted by molar-refractivity contribution is 5.86. The van der Waals surface area contributed by atoms with Crippen molar-refractivity contribution >= 4 is 11.9 Å². The molecule has 5 nitrogen and oxygen atoms in total. The van der Waals surface area contributed by atoms with Crippen LogP contribution < -0.4 is 0 Å². The monoisotopic (exact) mass is 266 g/mol. The maximum atomic E-state index is 11.6. The summed E-state index contributed by atoms with van der Waals surface area (Å²) in [5.41, 5.74) is -0.215. The van der Waals surface area contributed by atoms with Gasteiger partial charge >= 0.3 is 6.16 Å². The smallest absolute Gasteiger partial charge is 0.429 e. The van der Waals surface area contributed by atoms with Crippen molar-refractivity contribution in [1.82, 2.24) is 0 Å². The lowest BCUT2D eigenvalue weighted by Crippen LogP contribution is -2.28. The second-order valence-corrected chi connectivity index (χ2v) is 5.00. The Morgan fingerprint density at radius 3 is 2.26 bits per heavy atom. The summed E-state index contributed by atoms with van der Waals surface area (Å²) < 4.78 is 9.98. The van der Waals surface area contributed by atoms with E-state index < -0.39 is 30.3 Å². The van der Waals surface area contributed by atoms with Crippen LogP contribution in [-0.2, 0) is 14.3 Å². The van der Waals surface area contributed by atoms with Crippen LogP contribution in [0.1, 0.15) is 32.4 Å². The molecule has 19 heavy (non-hydrogen) atoms. The molecule has 0 aliphatic heterocycles. The minimum absolute atomic E-state index is 0.493. The average molecular weight is 266 g/mol. The molecule has 0 aromatic heterocycles. The van der Waals surface area contributed by atoms with E-state index in [4.69, 9.17) is 14.6 Å². The largest absolute Gasteiger partial charge is 0.509 e. The number of aliphatic hydroxyl groups is 1. The lowest BCUT2D eigenvalue weighted by atomic mass is 10.1. The molecular formula is C14H18O5. The van der Waals surface area contributed by atoms with Gasteiger partial charge in [0.15, 0.2) is 6.10 Å². The normalized spacial score (nSPS) is 12.6. The molecule has 5 heteroatoms. The third-order valence-corrected chi connectivity index (χ3v) is 2.15. The number of rotatable bonds is 4. The van der Waals surface area contributed by atoms with Crippen LogP contribution in [0, 0.1) is 0 Å². The van der Waals surface area contributed by atoms with E-state index >= 15 is 0 Å². The van der Waals surface area contributed by atoms with Gasteiger partial charge in [0, 0.05) is 5.56 Å². The first kappa shape index (κ1) is 15.2. The van der Waals surface area contributed by atoms with Crippen molar-refractivity contribution in [3.05, 3.63) is 35.9 Å². The maximum absolute atomic E-state index is 11.6. The van der Waals surface area contributed by atoms with Gasteiger partial charge in [0.1, 0.15) is 12.2 Å². The summed E-state index contributed by atoms with van der Waals surface area (Å²) in [7, 11) is 0. The van der Waals surface area contributed by atoms with Gasteiger partial charge < -0.3 is 14.6 Å². The number of carbonyl (C=O) groups is 2. The Balaban J connectivity index is 2.83. The first-order chi connectivity index (χ1) is 8.83. The molecule has 0 saturated carbocycles. The summed E-state index contributed by atoms with van der Waals surface area (Å²) in [4.78, 5) is 23.2. The molecule has 1 N–H and O–H groups in total. The molecule has 0 spiro atoms. The second-order valence-electron chi connectivity index (χ2n) is 5.00. The number of benzene rings is 1. The number of carbonyl (C=O) groups excluding carboxylic acids is 2. The predicted octanol–water partition coefficient (Wildman–Crippen LogP) is 2.24. The molecule has 0 heterocycles. The van der Waals surface area contributed by atoms with Crippen molar-refractivity contribution in [1.29, 1.82) is 0 Å². The number of ketones is 1. The zero-order valence-corrected chi connectivity index (χ0v) is 11.3. The van der Waals surface area contributed by atoms with Gasteiger partial charge in [0.2, 0.25) is 5.78 Å². The number of ether oxygens (including phenoxy) is 2.